The average molecular weight is 379 g/mol. The highest BCUT2D eigenvalue weighted by Crippen LogP contribution is 2.20. The van der Waals surface area contributed by atoms with Crippen LogP contribution >= 0.6 is 0 Å². The SMILES string of the molecule is CCNC(=NCCS(=O)c1ccccc1)N1CCC(CC(=O)NC)CC1. The lowest BCUT2D eigenvalue weighted by molar-refractivity contribution is -0.121. The molecule has 0 bridgehead atoms. The molecule has 0 radical (unpaired) electrons. The average Bonchev–Trinajstić information content (AvgIpc) is 2.68. The molecule has 0 saturated carbocycles. The molecule has 1 amide bonds. The van der Waals surface area contributed by atoms with Gasteiger partial charge in [-0.25, -0.2) is 0 Å². The van der Waals surface area contributed by atoms with Gasteiger partial charge >= 0.3 is 0 Å². The van der Waals surface area contributed by atoms with Gasteiger partial charge in [-0.3, -0.25) is 14.0 Å². The smallest absolute Gasteiger partial charge is 0.220 e. The fourth-order valence-electron chi connectivity index (χ4n) is 3.06. The number of piperidine rings is 1. The molecule has 1 unspecified atom stereocenters. The number of nitrogens with zero attached hydrogens (tertiary/aromatic N) is 2. The number of hydrogen-bond acceptors (Lipinski definition) is 3. The van der Waals surface area contributed by atoms with E-state index in [2.05, 4.69) is 27.4 Å². The normalized spacial score (nSPS) is 17.0. The summed E-state index contributed by atoms with van der Waals surface area (Å²) in [5.41, 5.74) is 0. The lowest BCUT2D eigenvalue weighted by Crippen LogP contribution is -2.46. The van der Waals surface area contributed by atoms with Crippen molar-refractivity contribution in [3.63, 3.8) is 0 Å². The van der Waals surface area contributed by atoms with Crippen molar-refractivity contribution in [2.24, 2.45) is 10.9 Å². The fourth-order valence-corrected chi connectivity index (χ4v) is 4.02. The molecule has 26 heavy (non-hydrogen) atoms. The number of guanidine groups is 1. The Morgan fingerprint density at radius 2 is 1.96 bits per heavy atom. The quantitative estimate of drug-likeness (QED) is 0.558. The van der Waals surface area contributed by atoms with E-state index in [1.54, 1.807) is 7.05 Å². The van der Waals surface area contributed by atoms with Crippen LogP contribution in [0.4, 0.5) is 0 Å². The first-order valence-corrected chi connectivity index (χ1v) is 10.6. The number of carbonyl (C=O) groups excluding carboxylic acids is 1. The Hall–Kier alpha value is -1.89. The number of likely N-dealkylation sites (tertiary alicyclic amines) is 1. The molecular weight excluding hydrogens is 348 g/mol. The maximum absolute atomic E-state index is 12.3. The van der Waals surface area contributed by atoms with Gasteiger partial charge in [0, 0.05) is 43.8 Å². The van der Waals surface area contributed by atoms with E-state index in [9.17, 15) is 9.00 Å². The Morgan fingerprint density at radius 1 is 1.27 bits per heavy atom. The summed E-state index contributed by atoms with van der Waals surface area (Å²) in [6, 6.07) is 9.52. The summed E-state index contributed by atoms with van der Waals surface area (Å²) in [5, 5.41) is 6.03. The van der Waals surface area contributed by atoms with Crippen LogP contribution in [0.25, 0.3) is 0 Å². The molecule has 1 aromatic rings. The largest absolute Gasteiger partial charge is 0.359 e. The van der Waals surface area contributed by atoms with Gasteiger partial charge in [0.2, 0.25) is 5.91 Å². The number of rotatable bonds is 7. The number of amides is 1. The first-order chi connectivity index (χ1) is 12.6. The van der Waals surface area contributed by atoms with Gasteiger partial charge in [0.05, 0.1) is 17.3 Å². The molecule has 0 aliphatic carbocycles. The predicted octanol–water partition coefficient (Wildman–Crippen LogP) is 1.61. The van der Waals surface area contributed by atoms with Crippen molar-refractivity contribution in [2.75, 3.05) is 39.0 Å². The maximum Gasteiger partial charge on any atom is 0.220 e. The van der Waals surface area contributed by atoms with Gasteiger partial charge in [-0.15, -0.1) is 0 Å². The van der Waals surface area contributed by atoms with Crippen molar-refractivity contribution >= 4 is 22.7 Å². The molecule has 1 fully saturated rings. The van der Waals surface area contributed by atoms with Crippen LogP contribution in [-0.4, -0.2) is 60.0 Å². The van der Waals surface area contributed by atoms with Crippen molar-refractivity contribution in [1.29, 1.82) is 0 Å². The van der Waals surface area contributed by atoms with E-state index in [-0.39, 0.29) is 5.91 Å². The van der Waals surface area contributed by atoms with E-state index in [1.165, 1.54) is 0 Å². The summed E-state index contributed by atoms with van der Waals surface area (Å²) in [5.74, 6) is 1.97. The minimum absolute atomic E-state index is 0.118. The van der Waals surface area contributed by atoms with Crippen LogP contribution in [0.15, 0.2) is 40.2 Å². The maximum atomic E-state index is 12.3. The molecule has 7 heteroatoms. The molecule has 2 rings (SSSR count). The second kappa shape index (κ2) is 11.0. The second-order valence-corrected chi connectivity index (χ2v) is 7.98. The summed E-state index contributed by atoms with van der Waals surface area (Å²) < 4.78 is 12.3. The molecule has 0 aromatic heterocycles. The first-order valence-electron chi connectivity index (χ1n) is 9.31. The van der Waals surface area contributed by atoms with Crippen molar-refractivity contribution in [2.45, 2.75) is 31.1 Å². The van der Waals surface area contributed by atoms with Crippen molar-refractivity contribution < 1.29 is 9.00 Å². The van der Waals surface area contributed by atoms with Crippen molar-refractivity contribution in [3.8, 4) is 0 Å². The zero-order chi connectivity index (χ0) is 18.8. The van der Waals surface area contributed by atoms with E-state index in [4.69, 9.17) is 0 Å². The first kappa shape index (κ1) is 20.4. The number of aliphatic imine (C=N–C) groups is 1. The molecule has 1 aliphatic heterocycles. The molecule has 144 valence electrons. The molecule has 1 atom stereocenters. The molecular formula is C19H30N4O2S. The van der Waals surface area contributed by atoms with Crippen LogP contribution in [0.2, 0.25) is 0 Å². The third-order valence-corrected chi connectivity index (χ3v) is 5.90. The molecule has 6 nitrogen and oxygen atoms in total. The minimum atomic E-state index is -1.02. The summed E-state index contributed by atoms with van der Waals surface area (Å²) in [6.07, 6.45) is 2.59. The third kappa shape index (κ3) is 6.44. The summed E-state index contributed by atoms with van der Waals surface area (Å²) in [6.45, 7) is 5.18. The van der Waals surface area contributed by atoms with Gasteiger partial charge in [0.15, 0.2) is 5.96 Å². The third-order valence-electron chi connectivity index (χ3n) is 4.55. The molecule has 0 spiro atoms. The number of benzene rings is 1. The monoisotopic (exact) mass is 378 g/mol. The van der Waals surface area contributed by atoms with Crippen molar-refractivity contribution in [3.05, 3.63) is 30.3 Å². The number of hydrogen-bond donors (Lipinski definition) is 2. The second-order valence-electron chi connectivity index (χ2n) is 6.41. The summed E-state index contributed by atoms with van der Waals surface area (Å²) >= 11 is 0. The van der Waals surface area contributed by atoms with E-state index in [0.717, 1.165) is 43.3 Å². The van der Waals surface area contributed by atoms with Gasteiger partial charge in [0.1, 0.15) is 0 Å². The number of nitrogens with one attached hydrogen (secondary N) is 2. The van der Waals surface area contributed by atoms with Crippen LogP contribution in [0.5, 0.6) is 0 Å². The number of carbonyl (C=O) groups is 1. The molecule has 1 saturated heterocycles. The topological polar surface area (TPSA) is 73.8 Å². The van der Waals surface area contributed by atoms with Crippen LogP contribution in [0.3, 0.4) is 0 Å². The summed E-state index contributed by atoms with van der Waals surface area (Å²) in [7, 11) is 0.667. The van der Waals surface area contributed by atoms with E-state index >= 15 is 0 Å². The Kier molecular flexibility index (Phi) is 8.61. The predicted molar refractivity (Wildman–Crippen MR) is 107 cm³/mol. The van der Waals surface area contributed by atoms with Crippen LogP contribution in [0.1, 0.15) is 26.2 Å². The van der Waals surface area contributed by atoms with E-state index in [1.807, 2.05) is 30.3 Å². The van der Waals surface area contributed by atoms with Crippen molar-refractivity contribution in [1.82, 2.24) is 15.5 Å². The highest BCUT2D eigenvalue weighted by Gasteiger charge is 2.23. The zero-order valence-corrected chi connectivity index (χ0v) is 16.6. The minimum Gasteiger partial charge on any atom is -0.359 e. The Labute approximate surface area is 158 Å². The van der Waals surface area contributed by atoms with Gasteiger partial charge in [-0.2, -0.15) is 0 Å². The molecule has 1 heterocycles. The Bertz CT molecular complexity index is 613. The van der Waals surface area contributed by atoms with Gasteiger partial charge in [-0.1, -0.05) is 18.2 Å². The fraction of sp³-hybridized carbons (Fsp3) is 0.579. The van der Waals surface area contributed by atoms with E-state index < -0.39 is 10.8 Å². The van der Waals surface area contributed by atoms with Gasteiger partial charge in [-0.05, 0) is 37.8 Å². The Morgan fingerprint density at radius 3 is 2.58 bits per heavy atom. The van der Waals surface area contributed by atoms with Crippen LogP contribution in [0, 0.1) is 5.92 Å². The van der Waals surface area contributed by atoms with Crippen LogP contribution < -0.4 is 10.6 Å². The van der Waals surface area contributed by atoms with Gasteiger partial charge in [0.25, 0.3) is 0 Å². The van der Waals surface area contributed by atoms with Crippen LogP contribution in [-0.2, 0) is 15.6 Å². The summed E-state index contributed by atoms with van der Waals surface area (Å²) in [4.78, 5) is 19.3. The molecule has 1 aliphatic rings. The van der Waals surface area contributed by atoms with E-state index in [0.29, 0.717) is 24.6 Å². The molecule has 2 N–H and O–H groups in total. The highest BCUT2D eigenvalue weighted by atomic mass is 32.2. The molecule has 1 aromatic carbocycles. The standard InChI is InChI=1S/C19H30N4O2S/c1-3-21-19(22-11-14-26(25)17-7-5-4-6-8-17)23-12-9-16(10-13-23)15-18(24)20-2/h4-8,16H,3,9-15H2,1-2H3,(H,20,24)(H,21,22). The lowest BCUT2D eigenvalue weighted by atomic mass is 9.93. The highest BCUT2D eigenvalue weighted by molar-refractivity contribution is 7.85. The van der Waals surface area contributed by atoms with Gasteiger partial charge < -0.3 is 15.5 Å². The zero-order valence-electron chi connectivity index (χ0n) is 15.7. The lowest BCUT2D eigenvalue weighted by Gasteiger charge is -2.34. The Balaban J connectivity index is 1.85.